The van der Waals surface area contributed by atoms with E-state index in [9.17, 15) is 4.79 Å². The molecule has 19 heavy (non-hydrogen) atoms. The van der Waals surface area contributed by atoms with Crippen molar-refractivity contribution in [2.24, 2.45) is 0 Å². The van der Waals surface area contributed by atoms with Gasteiger partial charge < -0.3 is 14.7 Å². The highest BCUT2D eigenvalue weighted by Crippen LogP contribution is 2.14. The summed E-state index contributed by atoms with van der Waals surface area (Å²) in [6.45, 7) is 6.84. The highest BCUT2D eigenvalue weighted by Gasteiger charge is 2.19. The normalized spacial score (nSPS) is 17.6. The molecular formula is C13H22N4O2. The van der Waals surface area contributed by atoms with Crippen LogP contribution >= 0.6 is 0 Å². The zero-order valence-electron chi connectivity index (χ0n) is 11.7. The first-order valence-corrected chi connectivity index (χ1v) is 7.01. The lowest BCUT2D eigenvalue weighted by Crippen LogP contribution is -2.32. The first kappa shape index (κ1) is 14.0. The highest BCUT2D eigenvalue weighted by molar-refractivity contribution is 5.76. The zero-order valence-corrected chi connectivity index (χ0v) is 11.7. The van der Waals surface area contributed by atoms with Crippen LogP contribution in [-0.4, -0.2) is 40.6 Å². The van der Waals surface area contributed by atoms with E-state index >= 15 is 0 Å². The molecule has 0 radical (unpaired) electrons. The van der Waals surface area contributed by atoms with E-state index in [2.05, 4.69) is 20.4 Å². The molecular weight excluding hydrogens is 244 g/mol. The highest BCUT2D eigenvalue weighted by atomic mass is 16.5. The number of hydrogen-bond acceptors (Lipinski definition) is 5. The van der Waals surface area contributed by atoms with Crippen LogP contribution in [0.3, 0.4) is 0 Å². The number of nitrogens with zero attached hydrogens (tertiary/aromatic N) is 3. The van der Waals surface area contributed by atoms with Gasteiger partial charge in [-0.05, 0) is 39.3 Å². The lowest BCUT2D eigenvalue weighted by Gasteiger charge is -2.16. The number of hydrogen-bond donors (Lipinski definition) is 1. The van der Waals surface area contributed by atoms with E-state index in [-0.39, 0.29) is 11.9 Å². The van der Waals surface area contributed by atoms with Crippen LogP contribution in [0, 0.1) is 6.92 Å². The van der Waals surface area contributed by atoms with Crippen molar-refractivity contribution in [1.82, 2.24) is 20.4 Å². The smallest absolute Gasteiger partial charge is 0.249 e. The van der Waals surface area contributed by atoms with E-state index in [0.29, 0.717) is 18.1 Å². The van der Waals surface area contributed by atoms with E-state index in [4.69, 9.17) is 4.52 Å². The van der Waals surface area contributed by atoms with Crippen molar-refractivity contribution in [2.45, 2.75) is 45.6 Å². The fraction of sp³-hybridized carbons (Fsp3) is 0.769. The molecule has 0 aromatic carbocycles. The van der Waals surface area contributed by atoms with E-state index in [1.807, 2.05) is 6.92 Å². The van der Waals surface area contributed by atoms with Crippen molar-refractivity contribution in [3.05, 3.63) is 11.7 Å². The van der Waals surface area contributed by atoms with E-state index in [1.54, 1.807) is 6.92 Å². The lowest BCUT2D eigenvalue weighted by molar-refractivity contribution is -0.122. The Kier molecular flexibility index (Phi) is 4.90. The van der Waals surface area contributed by atoms with Crippen LogP contribution in [0.1, 0.15) is 50.4 Å². The fourth-order valence-corrected chi connectivity index (χ4v) is 2.33. The Morgan fingerprint density at radius 3 is 2.79 bits per heavy atom. The number of likely N-dealkylation sites (tertiary alicyclic amines) is 1. The Hall–Kier alpha value is -1.43. The summed E-state index contributed by atoms with van der Waals surface area (Å²) in [5, 5.41) is 6.71. The second-order valence-corrected chi connectivity index (χ2v) is 5.01. The number of nitrogens with one attached hydrogen (secondary N) is 1. The Morgan fingerprint density at radius 2 is 2.21 bits per heavy atom. The summed E-state index contributed by atoms with van der Waals surface area (Å²) in [4.78, 5) is 18.4. The predicted molar refractivity (Wildman–Crippen MR) is 70.5 cm³/mol. The number of carbonyl (C=O) groups excluding carboxylic acids is 1. The van der Waals surface area contributed by atoms with Gasteiger partial charge in [0, 0.05) is 13.0 Å². The molecule has 1 aliphatic rings. The summed E-state index contributed by atoms with van der Waals surface area (Å²) in [6.07, 6.45) is 3.78. The first-order valence-electron chi connectivity index (χ1n) is 7.01. The largest absolute Gasteiger partial charge is 0.344 e. The molecule has 1 aliphatic heterocycles. The molecule has 1 unspecified atom stereocenters. The third kappa shape index (κ3) is 4.02. The van der Waals surface area contributed by atoms with Gasteiger partial charge in [0.05, 0.1) is 0 Å². The summed E-state index contributed by atoms with van der Waals surface area (Å²) in [5.74, 6) is 1.14. The second-order valence-electron chi connectivity index (χ2n) is 5.01. The van der Waals surface area contributed by atoms with Crippen LogP contribution in [0.25, 0.3) is 0 Å². The molecule has 1 N–H and O–H groups in total. The van der Waals surface area contributed by atoms with Crippen molar-refractivity contribution < 1.29 is 9.32 Å². The molecule has 6 nitrogen and oxygen atoms in total. The van der Waals surface area contributed by atoms with Crippen molar-refractivity contribution >= 4 is 5.91 Å². The van der Waals surface area contributed by atoms with Crippen LogP contribution < -0.4 is 5.32 Å². The number of aryl methyl sites for hydroxylation is 1. The maximum Gasteiger partial charge on any atom is 0.249 e. The Labute approximate surface area is 113 Å². The second kappa shape index (κ2) is 6.65. The molecule has 0 spiro atoms. The first-order chi connectivity index (χ1) is 9.19. The molecule has 1 saturated heterocycles. The monoisotopic (exact) mass is 266 g/mol. The minimum Gasteiger partial charge on any atom is -0.344 e. The summed E-state index contributed by atoms with van der Waals surface area (Å²) >= 11 is 0. The molecule has 0 saturated carbocycles. The quantitative estimate of drug-likeness (QED) is 0.843. The minimum atomic E-state index is -0.174. The van der Waals surface area contributed by atoms with Gasteiger partial charge in [-0.15, -0.1) is 0 Å². The average molecular weight is 266 g/mol. The lowest BCUT2D eigenvalue weighted by atomic mass is 10.2. The third-order valence-corrected chi connectivity index (χ3v) is 3.44. The van der Waals surface area contributed by atoms with Crippen molar-refractivity contribution in [1.29, 1.82) is 0 Å². The molecule has 0 bridgehead atoms. The topological polar surface area (TPSA) is 71.3 Å². The summed E-state index contributed by atoms with van der Waals surface area (Å²) in [5.41, 5.74) is 0. The molecule has 2 heterocycles. The Balaban J connectivity index is 1.79. The van der Waals surface area contributed by atoms with Gasteiger partial charge in [0.2, 0.25) is 11.8 Å². The maximum atomic E-state index is 11.9. The molecule has 0 aliphatic carbocycles. The van der Waals surface area contributed by atoms with Gasteiger partial charge in [0.1, 0.15) is 6.04 Å². The van der Waals surface area contributed by atoms with Crippen LogP contribution in [0.15, 0.2) is 4.52 Å². The standard InChI is InChI=1S/C13H22N4O2/c1-3-11(13-14-10(2)16-19-13)15-12(18)6-9-17-7-4-5-8-17/h11H,3-9H2,1-2H3,(H,15,18). The molecule has 1 amide bonds. The van der Waals surface area contributed by atoms with Crippen molar-refractivity contribution in [3.8, 4) is 0 Å². The van der Waals surface area contributed by atoms with Gasteiger partial charge in [-0.2, -0.15) is 4.98 Å². The molecule has 106 valence electrons. The molecule has 1 atom stereocenters. The Bertz CT molecular complexity index is 413. The third-order valence-electron chi connectivity index (χ3n) is 3.44. The summed E-state index contributed by atoms with van der Waals surface area (Å²) < 4.78 is 5.11. The number of carbonyl (C=O) groups is 1. The van der Waals surface area contributed by atoms with Gasteiger partial charge in [0.25, 0.3) is 0 Å². The van der Waals surface area contributed by atoms with Gasteiger partial charge in [0.15, 0.2) is 5.82 Å². The average Bonchev–Trinajstić information content (AvgIpc) is 3.04. The van der Waals surface area contributed by atoms with Gasteiger partial charge >= 0.3 is 0 Å². The van der Waals surface area contributed by atoms with E-state index in [1.165, 1.54) is 12.8 Å². The summed E-state index contributed by atoms with van der Waals surface area (Å²) in [6, 6.07) is -0.174. The van der Waals surface area contributed by atoms with E-state index < -0.39 is 0 Å². The SMILES string of the molecule is CCC(NC(=O)CCN1CCCC1)c1nc(C)no1. The van der Waals surface area contributed by atoms with E-state index in [0.717, 1.165) is 26.1 Å². The van der Waals surface area contributed by atoms with Gasteiger partial charge in [-0.1, -0.05) is 12.1 Å². The maximum absolute atomic E-state index is 11.9. The number of amides is 1. The number of aromatic nitrogens is 2. The molecule has 2 rings (SSSR count). The summed E-state index contributed by atoms with van der Waals surface area (Å²) in [7, 11) is 0. The van der Waals surface area contributed by atoms with Crippen LogP contribution in [0.4, 0.5) is 0 Å². The minimum absolute atomic E-state index is 0.0506. The van der Waals surface area contributed by atoms with Crippen LogP contribution in [-0.2, 0) is 4.79 Å². The predicted octanol–water partition coefficient (Wildman–Crippen LogP) is 1.43. The molecule has 1 aromatic rings. The zero-order chi connectivity index (χ0) is 13.7. The molecule has 1 aromatic heterocycles. The van der Waals surface area contributed by atoms with Crippen molar-refractivity contribution in [2.75, 3.05) is 19.6 Å². The van der Waals surface area contributed by atoms with Crippen LogP contribution in [0.5, 0.6) is 0 Å². The molecule has 6 heteroatoms. The Morgan fingerprint density at radius 1 is 1.47 bits per heavy atom. The molecule has 1 fully saturated rings. The van der Waals surface area contributed by atoms with Gasteiger partial charge in [-0.25, -0.2) is 0 Å². The van der Waals surface area contributed by atoms with Crippen molar-refractivity contribution in [3.63, 3.8) is 0 Å². The van der Waals surface area contributed by atoms with Gasteiger partial charge in [-0.3, -0.25) is 4.79 Å². The fourth-order valence-electron chi connectivity index (χ4n) is 2.33. The number of rotatable bonds is 6. The van der Waals surface area contributed by atoms with Crippen LogP contribution in [0.2, 0.25) is 0 Å².